The molecule has 1 N–H and O–H groups in total. The van der Waals surface area contributed by atoms with Gasteiger partial charge in [0.05, 0.1) is 12.1 Å². The summed E-state index contributed by atoms with van der Waals surface area (Å²) in [6.07, 6.45) is -0.614. The van der Waals surface area contributed by atoms with Crippen LogP contribution in [-0.2, 0) is 4.74 Å². The number of hydrogen-bond acceptors (Lipinski definition) is 3. The van der Waals surface area contributed by atoms with Crippen LogP contribution < -0.4 is 0 Å². The molecule has 4 rings (SSSR count). The van der Waals surface area contributed by atoms with Gasteiger partial charge in [0.2, 0.25) is 0 Å². The average Bonchev–Trinajstić information content (AvgIpc) is 2.93. The van der Waals surface area contributed by atoms with Crippen molar-refractivity contribution in [3.8, 4) is 0 Å². The van der Waals surface area contributed by atoms with Gasteiger partial charge in [0.25, 0.3) is 0 Å². The van der Waals surface area contributed by atoms with Crippen LogP contribution in [0, 0.1) is 5.82 Å². The largest absolute Gasteiger partial charge is 0.444 e. The predicted octanol–water partition coefficient (Wildman–Crippen LogP) is 5.13. The average molecular weight is 419 g/mol. The lowest BCUT2D eigenvalue weighted by atomic mass is 10.0. The van der Waals surface area contributed by atoms with Crippen LogP contribution in [0.2, 0.25) is 5.02 Å². The molecule has 1 amide bonds. The summed E-state index contributed by atoms with van der Waals surface area (Å²) in [7, 11) is 0. The highest BCUT2D eigenvalue weighted by atomic mass is 35.5. The molecular formula is C22H24ClFN2O3. The highest BCUT2D eigenvalue weighted by Crippen LogP contribution is 2.37. The van der Waals surface area contributed by atoms with Crippen molar-refractivity contribution in [3.63, 3.8) is 0 Å². The van der Waals surface area contributed by atoms with Gasteiger partial charge in [-0.25, -0.2) is 9.18 Å². The fourth-order valence-electron chi connectivity index (χ4n) is 4.02. The van der Waals surface area contributed by atoms with E-state index in [1.165, 1.54) is 12.1 Å². The molecule has 1 saturated heterocycles. The lowest BCUT2D eigenvalue weighted by Gasteiger charge is -2.38. The number of aliphatic hydroxyl groups is 1. The van der Waals surface area contributed by atoms with Crippen LogP contribution in [-0.4, -0.2) is 45.5 Å². The van der Waals surface area contributed by atoms with Crippen LogP contribution in [0.15, 0.2) is 36.4 Å². The standard InChI is InChI=1S/C22H24ClFN2O3/c1-22(2,3)29-21(28)25-9-8-20(27)19(12-25)26-17-6-4-13(23)10-15(17)16-11-14(24)5-7-18(16)26/h4-7,10-11,19-20,27H,8-9,12H2,1-3H3/t19-,20-/m1/s1. The van der Waals surface area contributed by atoms with E-state index in [-0.39, 0.29) is 11.9 Å². The topological polar surface area (TPSA) is 54.7 Å². The van der Waals surface area contributed by atoms with Gasteiger partial charge in [-0.3, -0.25) is 0 Å². The van der Waals surface area contributed by atoms with Gasteiger partial charge in [0.1, 0.15) is 11.4 Å². The first-order valence-corrected chi connectivity index (χ1v) is 10.1. The summed E-state index contributed by atoms with van der Waals surface area (Å²) in [4.78, 5) is 14.2. The molecule has 1 fully saturated rings. The number of benzene rings is 2. The summed E-state index contributed by atoms with van der Waals surface area (Å²) in [6, 6.07) is 9.65. The normalized spacial score (nSPS) is 20.4. The van der Waals surface area contributed by atoms with Gasteiger partial charge in [-0.05, 0) is 63.6 Å². The van der Waals surface area contributed by atoms with Crippen molar-refractivity contribution in [3.05, 3.63) is 47.2 Å². The summed E-state index contributed by atoms with van der Waals surface area (Å²) in [5, 5.41) is 12.9. The zero-order valence-electron chi connectivity index (χ0n) is 16.7. The molecule has 1 aromatic heterocycles. The molecule has 0 aliphatic carbocycles. The Labute approximate surface area is 173 Å². The highest BCUT2D eigenvalue weighted by molar-refractivity contribution is 6.31. The van der Waals surface area contributed by atoms with E-state index in [1.807, 2.05) is 31.4 Å². The second-order valence-corrected chi connectivity index (χ2v) is 8.98. The van der Waals surface area contributed by atoms with Gasteiger partial charge >= 0.3 is 6.09 Å². The summed E-state index contributed by atoms with van der Waals surface area (Å²) in [6.45, 7) is 6.20. The number of aliphatic hydroxyl groups excluding tert-OH is 1. The molecule has 2 aromatic carbocycles. The van der Waals surface area contributed by atoms with Crippen molar-refractivity contribution in [2.24, 2.45) is 0 Å². The summed E-state index contributed by atoms with van der Waals surface area (Å²) >= 11 is 6.19. The molecule has 0 radical (unpaired) electrons. The first kappa shape index (κ1) is 20.0. The Morgan fingerprint density at radius 1 is 1.17 bits per heavy atom. The molecule has 1 aliphatic rings. The number of rotatable bonds is 1. The van der Waals surface area contributed by atoms with Crippen molar-refractivity contribution in [2.45, 2.75) is 44.9 Å². The number of amides is 1. The third kappa shape index (κ3) is 3.79. The fraction of sp³-hybridized carbons (Fsp3) is 0.409. The number of halogens is 2. The first-order chi connectivity index (χ1) is 13.6. The molecule has 1 aliphatic heterocycles. The summed E-state index contributed by atoms with van der Waals surface area (Å²) in [5.74, 6) is -0.337. The fourth-order valence-corrected chi connectivity index (χ4v) is 4.19. The Bertz CT molecular complexity index is 1030. The summed E-state index contributed by atoms with van der Waals surface area (Å²) < 4.78 is 21.5. The van der Waals surface area contributed by atoms with Gasteiger partial charge in [-0.15, -0.1) is 0 Å². The quantitative estimate of drug-likeness (QED) is 0.596. The van der Waals surface area contributed by atoms with Crippen LogP contribution in [0.4, 0.5) is 9.18 Å². The van der Waals surface area contributed by atoms with Crippen LogP contribution >= 0.6 is 11.6 Å². The van der Waals surface area contributed by atoms with Gasteiger partial charge in [-0.2, -0.15) is 0 Å². The third-order valence-corrected chi connectivity index (χ3v) is 5.49. The SMILES string of the molecule is CC(C)(C)OC(=O)N1CC[C@@H](O)[C@H](n2c3ccc(F)cc3c3cc(Cl)ccc32)C1. The minimum Gasteiger partial charge on any atom is -0.444 e. The third-order valence-electron chi connectivity index (χ3n) is 5.26. The Morgan fingerprint density at radius 3 is 2.52 bits per heavy atom. The van der Waals surface area contributed by atoms with Crippen LogP contribution in [0.1, 0.15) is 33.2 Å². The molecule has 3 aromatic rings. The summed E-state index contributed by atoms with van der Waals surface area (Å²) in [5.41, 5.74) is 1.04. The maximum Gasteiger partial charge on any atom is 0.410 e. The number of carbonyl (C=O) groups is 1. The molecule has 29 heavy (non-hydrogen) atoms. The molecule has 7 heteroatoms. The second-order valence-electron chi connectivity index (χ2n) is 8.54. The van der Waals surface area contributed by atoms with Gasteiger partial charge in [0.15, 0.2) is 0 Å². The van der Waals surface area contributed by atoms with Crippen LogP contribution in [0.5, 0.6) is 0 Å². The maximum atomic E-state index is 14.0. The number of nitrogens with zero attached hydrogens (tertiary/aromatic N) is 2. The molecule has 0 saturated carbocycles. The minimum atomic E-state index is -0.645. The van der Waals surface area contributed by atoms with E-state index < -0.39 is 17.8 Å². The smallest absolute Gasteiger partial charge is 0.410 e. The molecule has 5 nitrogen and oxygen atoms in total. The molecule has 0 bridgehead atoms. The minimum absolute atomic E-state index is 0.301. The van der Waals surface area contributed by atoms with E-state index >= 15 is 0 Å². The monoisotopic (exact) mass is 418 g/mol. The molecule has 0 spiro atoms. The lowest BCUT2D eigenvalue weighted by Crippen LogP contribution is -2.48. The highest BCUT2D eigenvalue weighted by Gasteiger charge is 2.35. The number of likely N-dealkylation sites (tertiary alicyclic amines) is 1. The van der Waals surface area contributed by atoms with Crippen molar-refractivity contribution in [2.75, 3.05) is 13.1 Å². The Balaban J connectivity index is 1.80. The number of piperidine rings is 1. The van der Waals surface area contributed by atoms with Gasteiger partial charge < -0.3 is 19.3 Å². The van der Waals surface area contributed by atoms with E-state index in [2.05, 4.69) is 0 Å². The predicted molar refractivity (Wildman–Crippen MR) is 112 cm³/mol. The molecular weight excluding hydrogens is 395 g/mol. The van der Waals surface area contributed by atoms with Gasteiger partial charge in [-0.1, -0.05) is 11.6 Å². The zero-order valence-corrected chi connectivity index (χ0v) is 17.4. The molecule has 0 unspecified atom stereocenters. The van der Waals surface area contributed by atoms with E-state index in [9.17, 15) is 14.3 Å². The van der Waals surface area contributed by atoms with E-state index in [0.717, 1.165) is 21.8 Å². The van der Waals surface area contributed by atoms with Crippen molar-refractivity contribution >= 4 is 39.5 Å². The molecule has 2 atom stereocenters. The second kappa shape index (κ2) is 7.18. The number of fused-ring (bicyclic) bond motifs is 3. The number of carbonyl (C=O) groups excluding carboxylic acids is 1. The van der Waals surface area contributed by atoms with Crippen LogP contribution in [0.25, 0.3) is 21.8 Å². The molecule has 2 heterocycles. The van der Waals surface area contributed by atoms with E-state index in [4.69, 9.17) is 16.3 Å². The van der Waals surface area contributed by atoms with Crippen molar-refractivity contribution in [1.29, 1.82) is 0 Å². The first-order valence-electron chi connectivity index (χ1n) is 9.69. The number of hydrogen-bond donors (Lipinski definition) is 1. The maximum absolute atomic E-state index is 14.0. The Hall–Kier alpha value is -2.31. The van der Waals surface area contributed by atoms with Gasteiger partial charge in [0, 0.05) is 39.9 Å². The number of aromatic nitrogens is 1. The van der Waals surface area contributed by atoms with Crippen LogP contribution in [0.3, 0.4) is 0 Å². The van der Waals surface area contributed by atoms with E-state index in [0.29, 0.717) is 24.5 Å². The van der Waals surface area contributed by atoms with E-state index in [1.54, 1.807) is 23.1 Å². The zero-order chi connectivity index (χ0) is 20.9. The Kier molecular flexibility index (Phi) is 4.95. The van der Waals surface area contributed by atoms with Crippen molar-refractivity contribution < 1.29 is 19.0 Å². The lowest BCUT2D eigenvalue weighted by molar-refractivity contribution is -0.00417. The van der Waals surface area contributed by atoms with Crippen molar-refractivity contribution in [1.82, 2.24) is 9.47 Å². The Morgan fingerprint density at radius 2 is 1.83 bits per heavy atom. The number of ether oxygens (including phenoxy) is 1. The molecule has 154 valence electrons.